The molecule has 1 heteroatoms. The van der Waals surface area contributed by atoms with Gasteiger partial charge in [-0.2, -0.15) is 0 Å². The number of nitrogens with one attached hydrogen (secondary N) is 1. The molecule has 1 aliphatic carbocycles. The van der Waals surface area contributed by atoms with Gasteiger partial charge in [0.15, 0.2) is 0 Å². The lowest BCUT2D eigenvalue weighted by Gasteiger charge is -2.39. The van der Waals surface area contributed by atoms with Gasteiger partial charge in [0.05, 0.1) is 0 Å². The Bertz CT molecular complexity index is 425. The van der Waals surface area contributed by atoms with Crippen LogP contribution in [0.2, 0.25) is 0 Å². The van der Waals surface area contributed by atoms with Crippen LogP contribution >= 0.6 is 0 Å². The maximum Gasteiger partial charge on any atom is 0.0393 e. The first-order chi connectivity index (χ1) is 7.23. The van der Waals surface area contributed by atoms with Crippen molar-refractivity contribution in [2.24, 2.45) is 5.92 Å². The van der Waals surface area contributed by atoms with Gasteiger partial charge in [-0.1, -0.05) is 44.2 Å². The Balaban J connectivity index is 2.17. The predicted molar refractivity (Wildman–Crippen MR) is 63.8 cm³/mol. The quantitative estimate of drug-likeness (QED) is 0.733. The normalized spacial score (nSPS) is 21.4. The van der Waals surface area contributed by atoms with E-state index >= 15 is 0 Å². The molecule has 0 bridgehead atoms. The zero-order chi connectivity index (χ0) is 10.5. The Morgan fingerprint density at radius 3 is 2.53 bits per heavy atom. The molecule has 1 fully saturated rings. The number of hydrogen-bond acceptors (Lipinski definition) is 1. The molecule has 1 aromatic carbocycles. The fourth-order valence-corrected chi connectivity index (χ4v) is 2.79. The Hall–Kier alpha value is -1.08. The van der Waals surface area contributed by atoms with Crippen molar-refractivity contribution >= 4 is 5.57 Å². The lowest BCUT2D eigenvalue weighted by Crippen LogP contribution is -2.54. The molecule has 78 valence electrons. The van der Waals surface area contributed by atoms with Crippen LogP contribution < -0.4 is 5.32 Å². The molecule has 1 N–H and O–H groups in total. The van der Waals surface area contributed by atoms with Crippen LogP contribution in [0.5, 0.6) is 0 Å². The summed E-state index contributed by atoms with van der Waals surface area (Å²) >= 11 is 0. The first kappa shape index (κ1) is 9.17. The monoisotopic (exact) mass is 199 g/mol. The summed E-state index contributed by atoms with van der Waals surface area (Å²) in [6.45, 7) is 6.79. The van der Waals surface area contributed by atoms with Gasteiger partial charge >= 0.3 is 0 Å². The van der Waals surface area contributed by atoms with Gasteiger partial charge in [0.2, 0.25) is 0 Å². The summed E-state index contributed by atoms with van der Waals surface area (Å²) < 4.78 is 0. The largest absolute Gasteiger partial charge is 0.314 e. The summed E-state index contributed by atoms with van der Waals surface area (Å²) in [4.78, 5) is 0. The Labute approximate surface area is 91.2 Å². The minimum absolute atomic E-state index is 0.330. The molecule has 0 unspecified atom stereocenters. The van der Waals surface area contributed by atoms with Crippen LogP contribution in [0.3, 0.4) is 0 Å². The fraction of sp³-hybridized carbons (Fsp3) is 0.429. The van der Waals surface area contributed by atoms with Gasteiger partial charge < -0.3 is 5.32 Å². The molecule has 1 spiro atoms. The minimum Gasteiger partial charge on any atom is -0.314 e. The topological polar surface area (TPSA) is 12.0 Å². The third-order valence-electron chi connectivity index (χ3n) is 3.71. The lowest BCUT2D eigenvalue weighted by molar-refractivity contribution is 0.351. The minimum atomic E-state index is 0.330. The molecule has 1 aromatic rings. The number of benzene rings is 1. The molecule has 0 amide bonds. The lowest BCUT2D eigenvalue weighted by atomic mass is 9.77. The number of rotatable bonds is 1. The van der Waals surface area contributed by atoms with E-state index in [4.69, 9.17) is 0 Å². The van der Waals surface area contributed by atoms with Crippen molar-refractivity contribution in [3.63, 3.8) is 0 Å². The second-order valence-corrected chi connectivity index (χ2v) is 5.06. The van der Waals surface area contributed by atoms with Crippen molar-refractivity contribution in [3.8, 4) is 0 Å². The molecule has 1 heterocycles. The van der Waals surface area contributed by atoms with Crippen molar-refractivity contribution in [1.29, 1.82) is 0 Å². The van der Waals surface area contributed by atoms with Crippen LogP contribution in [0.4, 0.5) is 0 Å². The van der Waals surface area contributed by atoms with E-state index in [9.17, 15) is 0 Å². The van der Waals surface area contributed by atoms with Gasteiger partial charge in [-0.25, -0.2) is 0 Å². The van der Waals surface area contributed by atoms with Crippen LogP contribution in [-0.2, 0) is 5.41 Å². The van der Waals surface area contributed by atoms with Gasteiger partial charge in [0, 0.05) is 18.5 Å². The van der Waals surface area contributed by atoms with Crippen LogP contribution in [-0.4, -0.2) is 13.1 Å². The molecule has 0 aromatic heterocycles. The van der Waals surface area contributed by atoms with Gasteiger partial charge in [0.1, 0.15) is 0 Å². The second kappa shape index (κ2) is 2.96. The molecule has 0 radical (unpaired) electrons. The zero-order valence-corrected chi connectivity index (χ0v) is 9.38. The van der Waals surface area contributed by atoms with Crippen LogP contribution in [0.1, 0.15) is 25.0 Å². The van der Waals surface area contributed by atoms with Crippen molar-refractivity contribution in [2.75, 3.05) is 13.1 Å². The van der Waals surface area contributed by atoms with E-state index in [0.717, 1.165) is 13.1 Å². The van der Waals surface area contributed by atoms with E-state index in [0.29, 0.717) is 11.3 Å². The highest BCUT2D eigenvalue weighted by molar-refractivity contribution is 5.78. The van der Waals surface area contributed by atoms with Crippen LogP contribution in [0.25, 0.3) is 5.57 Å². The molecule has 1 nitrogen and oxygen atoms in total. The average molecular weight is 199 g/mol. The second-order valence-electron chi connectivity index (χ2n) is 5.06. The molecule has 0 saturated carbocycles. The molecule has 1 aliphatic heterocycles. The predicted octanol–water partition coefficient (Wildman–Crippen LogP) is 2.58. The van der Waals surface area contributed by atoms with Gasteiger partial charge in [-0.05, 0) is 22.6 Å². The van der Waals surface area contributed by atoms with Gasteiger partial charge in [0.25, 0.3) is 0 Å². The number of allylic oxidation sites excluding steroid dienone is 1. The number of hydrogen-bond donors (Lipinski definition) is 1. The highest BCUT2D eigenvalue weighted by Crippen LogP contribution is 2.45. The molecule has 15 heavy (non-hydrogen) atoms. The Kier molecular flexibility index (Phi) is 1.81. The molecule has 1 saturated heterocycles. The third kappa shape index (κ3) is 1.13. The third-order valence-corrected chi connectivity index (χ3v) is 3.71. The molecular formula is C14H17N. The summed E-state index contributed by atoms with van der Waals surface area (Å²) in [5.74, 6) is 0.631. The number of fused-ring (bicyclic) bond motifs is 2. The maximum absolute atomic E-state index is 3.40. The standard InChI is InChI=1S/C14H17N/c1-10(2)12-7-14(8-15-9-14)13-6-4-3-5-11(12)13/h3-7,10,15H,8-9H2,1-2H3. The maximum atomic E-state index is 3.40. The Morgan fingerprint density at radius 2 is 1.93 bits per heavy atom. The van der Waals surface area contributed by atoms with Gasteiger partial charge in [-0.15, -0.1) is 0 Å². The van der Waals surface area contributed by atoms with Crippen LogP contribution in [0, 0.1) is 5.92 Å². The Morgan fingerprint density at radius 1 is 1.20 bits per heavy atom. The molecule has 0 atom stereocenters. The summed E-state index contributed by atoms with van der Waals surface area (Å²) in [6.07, 6.45) is 2.50. The van der Waals surface area contributed by atoms with Crippen LogP contribution in [0.15, 0.2) is 30.3 Å². The average Bonchev–Trinajstić information content (AvgIpc) is 2.52. The van der Waals surface area contributed by atoms with E-state index in [2.05, 4.69) is 49.5 Å². The van der Waals surface area contributed by atoms with Crippen molar-refractivity contribution < 1.29 is 0 Å². The SMILES string of the molecule is CC(C)C1=CC2(CNC2)c2ccccc21. The summed E-state index contributed by atoms with van der Waals surface area (Å²) in [5.41, 5.74) is 4.88. The highest BCUT2D eigenvalue weighted by atomic mass is 15.0. The molecular weight excluding hydrogens is 182 g/mol. The molecule has 2 aliphatic rings. The fourth-order valence-electron chi connectivity index (χ4n) is 2.79. The van der Waals surface area contributed by atoms with Crippen molar-refractivity contribution in [1.82, 2.24) is 5.32 Å². The summed E-state index contributed by atoms with van der Waals surface area (Å²) in [6, 6.07) is 8.88. The van der Waals surface area contributed by atoms with Crippen molar-refractivity contribution in [2.45, 2.75) is 19.3 Å². The van der Waals surface area contributed by atoms with Gasteiger partial charge in [-0.3, -0.25) is 0 Å². The first-order valence-corrected chi connectivity index (χ1v) is 5.76. The van der Waals surface area contributed by atoms with E-state index in [1.54, 1.807) is 0 Å². The molecule has 3 rings (SSSR count). The van der Waals surface area contributed by atoms with E-state index in [1.165, 1.54) is 16.7 Å². The van der Waals surface area contributed by atoms with E-state index < -0.39 is 0 Å². The summed E-state index contributed by atoms with van der Waals surface area (Å²) in [7, 11) is 0. The van der Waals surface area contributed by atoms with Crippen molar-refractivity contribution in [3.05, 3.63) is 41.5 Å². The van der Waals surface area contributed by atoms with E-state index in [1.807, 2.05) is 0 Å². The summed E-state index contributed by atoms with van der Waals surface area (Å²) in [5, 5.41) is 3.40. The van der Waals surface area contributed by atoms with E-state index in [-0.39, 0.29) is 0 Å². The smallest absolute Gasteiger partial charge is 0.0393 e. The first-order valence-electron chi connectivity index (χ1n) is 5.76. The zero-order valence-electron chi connectivity index (χ0n) is 9.38. The highest BCUT2D eigenvalue weighted by Gasteiger charge is 2.42.